The number of fused-ring (bicyclic) bond motifs is 1. The van der Waals surface area contributed by atoms with Crippen LogP contribution in [0.3, 0.4) is 0 Å². The molecular formula is C37H42N2O3S. The van der Waals surface area contributed by atoms with Gasteiger partial charge in [0, 0.05) is 16.8 Å². The molecular weight excluding hydrogens is 552 g/mol. The van der Waals surface area contributed by atoms with Crippen molar-refractivity contribution in [2.75, 3.05) is 12.4 Å². The Kier molecular flexibility index (Phi) is 9.66. The molecule has 0 radical (unpaired) electrons. The lowest BCUT2D eigenvalue weighted by Gasteiger charge is -2.15. The SMILES string of the molecule is COc1cc(C=Nc2sc3c(c2C(=O)Nc2cc(C)ccc2C)CCCCCC3)ccc1OCc1c(C)cc(C)cc1C. The van der Waals surface area contributed by atoms with Crippen LogP contribution in [0, 0.1) is 34.6 Å². The number of aliphatic imine (C=N–C) groups is 1. The van der Waals surface area contributed by atoms with Gasteiger partial charge in [0.2, 0.25) is 0 Å². The van der Waals surface area contributed by atoms with Crippen LogP contribution in [-0.4, -0.2) is 19.2 Å². The summed E-state index contributed by atoms with van der Waals surface area (Å²) in [6.07, 6.45) is 8.41. The minimum Gasteiger partial charge on any atom is -0.493 e. The van der Waals surface area contributed by atoms with Gasteiger partial charge < -0.3 is 14.8 Å². The van der Waals surface area contributed by atoms with Crippen LogP contribution in [0.25, 0.3) is 0 Å². The number of rotatable bonds is 8. The van der Waals surface area contributed by atoms with E-state index in [1.165, 1.54) is 45.5 Å². The highest BCUT2D eigenvalue weighted by atomic mass is 32.1. The van der Waals surface area contributed by atoms with E-state index in [4.69, 9.17) is 14.5 Å². The average Bonchev–Trinajstić information content (AvgIpc) is 3.29. The molecule has 0 saturated heterocycles. The maximum absolute atomic E-state index is 13.8. The standard InChI is InChI=1S/C37H42N2O3S/c1-23-13-14-25(3)31(19-23)39-36(40)35-29-11-9-7-8-10-12-34(29)43-37(35)38-21-28-15-16-32(33(20-28)41-6)42-22-30-26(4)17-24(2)18-27(30)5/h13-21H,7-12,22H2,1-6H3,(H,39,40). The first-order chi connectivity index (χ1) is 20.7. The Morgan fingerprint density at radius 1 is 0.860 bits per heavy atom. The van der Waals surface area contributed by atoms with Gasteiger partial charge in [0.25, 0.3) is 5.91 Å². The monoisotopic (exact) mass is 594 g/mol. The molecule has 1 N–H and O–H groups in total. The number of nitrogens with zero attached hydrogens (tertiary/aromatic N) is 1. The molecule has 1 aliphatic rings. The summed E-state index contributed by atoms with van der Waals surface area (Å²) in [5.74, 6) is 1.26. The minimum absolute atomic E-state index is 0.0815. The Balaban J connectivity index is 1.42. The highest BCUT2D eigenvalue weighted by Gasteiger charge is 2.24. The van der Waals surface area contributed by atoms with Crippen molar-refractivity contribution in [3.63, 3.8) is 0 Å². The summed E-state index contributed by atoms with van der Waals surface area (Å²) >= 11 is 1.66. The molecule has 0 spiro atoms. The fourth-order valence-electron chi connectivity index (χ4n) is 5.89. The lowest BCUT2D eigenvalue weighted by molar-refractivity contribution is 0.102. The number of methoxy groups -OCH3 is 1. The molecule has 0 unspecified atom stereocenters. The number of carbonyl (C=O) groups excluding carboxylic acids is 1. The first-order valence-electron chi connectivity index (χ1n) is 15.2. The van der Waals surface area contributed by atoms with E-state index in [1.54, 1.807) is 18.4 Å². The molecule has 1 amide bonds. The van der Waals surface area contributed by atoms with Crippen LogP contribution in [0.1, 0.15) is 85.4 Å². The number of carbonyl (C=O) groups is 1. The molecule has 1 aliphatic carbocycles. The van der Waals surface area contributed by atoms with Crippen molar-refractivity contribution in [1.29, 1.82) is 0 Å². The maximum Gasteiger partial charge on any atom is 0.259 e. The largest absolute Gasteiger partial charge is 0.493 e. The van der Waals surface area contributed by atoms with E-state index in [0.29, 0.717) is 18.1 Å². The predicted octanol–water partition coefficient (Wildman–Crippen LogP) is 9.54. The lowest BCUT2D eigenvalue weighted by Crippen LogP contribution is -2.15. The molecule has 0 aliphatic heterocycles. The normalized spacial score (nSPS) is 13.3. The van der Waals surface area contributed by atoms with E-state index >= 15 is 0 Å². The van der Waals surface area contributed by atoms with E-state index < -0.39 is 0 Å². The summed E-state index contributed by atoms with van der Waals surface area (Å²) in [7, 11) is 1.65. The van der Waals surface area contributed by atoms with Crippen LogP contribution in [-0.2, 0) is 19.4 Å². The third-order valence-corrected chi connectivity index (χ3v) is 9.45. The smallest absolute Gasteiger partial charge is 0.259 e. The Morgan fingerprint density at radius 2 is 1.60 bits per heavy atom. The third-order valence-electron chi connectivity index (χ3n) is 8.25. The fraction of sp³-hybridized carbons (Fsp3) is 0.351. The van der Waals surface area contributed by atoms with Gasteiger partial charge in [0.05, 0.1) is 12.7 Å². The summed E-state index contributed by atoms with van der Waals surface area (Å²) in [5.41, 5.74) is 10.7. The van der Waals surface area contributed by atoms with Crippen molar-refractivity contribution in [2.45, 2.75) is 79.8 Å². The highest BCUT2D eigenvalue weighted by Crippen LogP contribution is 2.40. The molecule has 43 heavy (non-hydrogen) atoms. The summed E-state index contributed by atoms with van der Waals surface area (Å²) in [5, 5.41) is 3.96. The molecule has 1 aromatic heterocycles. The quantitative estimate of drug-likeness (QED) is 0.207. The van der Waals surface area contributed by atoms with Crippen molar-refractivity contribution >= 4 is 34.1 Å². The van der Waals surface area contributed by atoms with Gasteiger partial charge in [-0.15, -0.1) is 11.3 Å². The summed E-state index contributed by atoms with van der Waals surface area (Å²) < 4.78 is 11.9. The number of thiophene rings is 1. The number of anilines is 1. The van der Waals surface area contributed by atoms with Gasteiger partial charge in [-0.2, -0.15) is 0 Å². The fourth-order valence-corrected chi connectivity index (χ4v) is 7.12. The first-order valence-corrected chi connectivity index (χ1v) is 16.0. The van der Waals surface area contributed by atoms with Crippen molar-refractivity contribution in [1.82, 2.24) is 0 Å². The van der Waals surface area contributed by atoms with E-state index in [-0.39, 0.29) is 5.91 Å². The summed E-state index contributed by atoms with van der Waals surface area (Å²) in [4.78, 5) is 20.0. The molecule has 0 atom stereocenters. The van der Waals surface area contributed by atoms with Crippen molar-refractivity contribution < 1.29 is 14.3 Å². The Labute approximate surface area is 260 Å². The average molecular weight is 595 g/mol. The zero-order valence-corrected chi connectivity index (χ0v) is 27.0. The second-order valence-electron chi connectivity index (χ2n) is 11.7. The van der Waals surface area contributed by atoms with Gasteiger partial charge >= 0.3 is 0 Å². The van der Waals surface area contributed by atoms with Crippen LogP contribution in [0.5, 0.6) is 11.5 Å². The number of nitrogens with one attached hydrogen (secondary N) is 1. The molecule has 3 aromatic carbocycles. The first kappa shape index (κ1) is 30.6. The number of hydrogen-bond donors (Lipinski definition) is 1. The third kappa shape index (κ3) is 7.19. The van der Waals surface area contributed by atoms with Gasteiger partial charge in [-0.05, 0) is 124 Å². The molecule has 5 rings (SSSR count). The lowest BCUT2D eigenvalue weighted by atomic mass is 9.96. The number of amides is 1. The number of aryl methyl sites for hydroxylation is 6. The molecule has 224 valence electrons. The number of ether oxygens (including phenoxy) is 2. The van der Waals surface area contributed by atoms with E-state index in [1.807, 2.05) is 50.4 Å². The van der Waals surface area contributed by atoms with Gasteiger partial charge in [0.1, 0.15) is 11.6 Å². The van der Waals surface area contributed by atoms with Crippen LogP contribution < -0.4 is 14.8 Å². The zero-order chi connectivity index (χ0) is 30.5. The van der Waals surface area contributed by atoms with Gasteiger partial charge in [-0.3, -0.25) is 4.79 Å². The Hall–Kier alpha value is -3.90. The summed E-state index contributed by atoms with van der Waals surface area (Å²) in [6.45, 7) is 10.9. The van der Waals surface area contributed by atoms with Gasteiger partial charge in [-0.1, -0.05) is 42.7 Å². The van der Waals surface area contributed by atoms with E-state index in [2.05, 4.69) is 44.3 Å². The second-order valence-corrected chi connectivity index (χ2v) is 12.8. The topological polar surface area (TPSA) is 59.9 Å². The second kappa shape index (κ2) is 13.6. The molecule has 0 saturated carbocycles. The van der Waals surface area contributed by atoms with Gasteiger partial charge in [-0.25, -0.2) is 4.99 Å². The highest BCUT2D eigenvalue weighted by molar-refractivity contribution is 7.16. The van der Waals surface area contributed by atoms with E-state index in [9.17, 15) is 4.79 Å². The predicted molar refractivity (Wildman–Crippen MR) is 179 cm³/mol. The van der Waals surface area contributed by atoms with E-state index in [0.717, 1.165) is 58.6 Å². The Morgan fingerprint density at radius 3 is 2.35 bits per heavy atom. The Bertz CT molecular complexity index is 1640. The molecule has 0 bridgehead atoms. The minimum atomic E-state index is -0.0815. The van der Waals surface area contributed by atoms with Crippen LogP contribution in [0.2, 0.25) is 0 Å². The molecule has 0 fully saturated rings. The van der Waals surface area contributed by atoms with Crippen LogP contribution in [0.4, 0.5) is 10.7 Å². The zero-order valence-electron chi connectivity index (χ0n) is 26.2. The maximum atomic E-state index is 13.8. The van der Waals surface area contributed by atoms with Gasteiger partial charge in [0.15, 0.2) is 11.5 Å². The number of benzene rings is 3. The van der Waals surface area contributed by atoms with Crippen molar-refractivity contribution in [2.24, 2.45) is 4.99 Å². The van der Waals surface area contributed by atoms with Crippen molar-refractivity contribution in [3.8, 4) is 11.5 Å². The van der Waals surface area contributed by atoms with Crippen LogP contribution >= 0.6 is 11.3 Å². The molecule has 4 aromatic rings. The number of hydrogen-bond acceptors (Lipinski definition) is 5. The van der Waals surface area contributed by atoms with Crippen molar-refractivity contribution in [3.05, 3.63) is 103 Å². The summed E-state index contributed by atoms with van der Waals surface area (Å²) in [6, 6.07) is 16.4. The molecule has 5 nitrogen and oxygen atoms in total. The van der Waals surface area contributed by atoms with Crippen LogP contribution in [0.15, 0.2) is 53.5 Å². The molecule has 1 heterocycles. The molecule has 6 heteroatoms.